The van der Waals surface area contributed by atoms with Crippen LogP contribution in [0.2, 0.25) is 0 Å². The van der Waals surface area contributed by atoms with Crippen molar-refractivity contribution in [3.05, 3.63) is 121 Å². The molecule has 0 aliphatic rings. The van der Waals surface area contributed by atoms with E-state index in [-0.39, 0.29) is 0 Å². The van der Waals surface area contributed by atoms with Crippen LogP contribution < -0.4 is 0 Å². The van der Waals surface area contributed by atoms with Gasteiger partial charge in [-0.15, -0.1) is 0 Å². The maximum absolute atomic E-state index is 2.44. The third-order valence-electron chi connectivity index (χ3n) is 7.27. The standard InChI is InChI=1S/C32H20N2/c1-2-11-22(12-3-1)34-28-17-9-8-14-24(28)27-18-19-29-30(32(27)34)25-15-6-7-16-26(25)31-23-13-5-4-10-21(23)20-33(29)31/h1-20H. The molecule has 0 amide bonds. The Morgan fingerprint density at radius 1 is 0.412 bits per heavy atom. The van der Waals surface area contributed by atoms with Crippen molar-refractivity contribution in [1.82, 2.24) is 8.97 Å². The van der Waals surface area contributed by atoms with Gasteiger partial charge in [0.05, 0.1) is 22.1 Å². The summed E-state index contributed by atoms with van der Waals surface area (Å²) in [5.41, 5.74) is 6.19. The minimum absolute atomic E-state index is 1.18. The Kier molecular flexibility index (Phi) is 3.42. The van der Waals surface area contributed by atoms with Crippen LogP contribution in [0.25, 0.3) is 65.5 Å². The van der Waals surface area contributed by atoms with Gasteiger partial charge in [-0.1, -0.05) is 91.0 Å². The first-order chi connectivity index (χ1) is 16.9. The zero-order valence-corrected chi connectivity index (χ0v) is 18.4. The molecule has 0 radical (unpaired) electrons. The molecule has 158 valence electrons. The van der Waals surface area contributed by atoms with Crippen LogP contribution in [0.3, 0.4) is 0 Å². The van der Waals surface area contributed by atoms with Crippen LogP contribution in [0.15, 0.2) is 121 Å². The normalized spacial score (nSPS) is 12.1. The van der Waals surface area contributed by atoms with Gasteiger partial charge in [-0.05, 0) is 29.7 Å². The number of fused-ring (bicyclic) bond motifs is 12. The molecule has 0 saturated carbocycles. The Morgan fingerprint density at radius 2 is 1.06 bits per heavy atom. The molecule has 3 heterocycles. The van der Waals surface area contributed by atoms with Crippen molar-refractivity contribution < 1.29 is 0 Å². The number of para-hydroxylation sites is 2. The molecule has 0 aliphatic carbocycles. The molecule has 3 aromatic heterocycles. The number of aromatic nitrogens is 2. The number of hydrogen-bond donors (Lipinski definition) is 0. The van der Waals surface area contributed by atoms with E-state index < -0.39 is 0 Å². The average molecular weight is 433 g/mol. The Morgan fingerprint density at radius 3 is 1.91 bits per heavy atom. The maximum atomic E-state index is 2.44. The first-order valence-corrected chi connectivity index (χ1v) is 11.7. The van der Waals surface area contributed by atoms with E-state index in [4.69, 9.17) is 0 Å². The van der Waals surface area contributed by atoms with Gasteiger partial charge in [-0.2, -0.15) is 0 Å². The molecule has 0 N–H and O–H groups in total. The summed E-state index contributed by atoms with van der Waals surface area (Å²) >= 11 is 0. The second-order valence-corrected chi connectivity index (χ2v) is 9.02. The summed E-state index contributed by atoms with van der Waals surface area (Å²) in [5.74, 6) is 0. The maximum Gasteiger partial charge on any atom is 0.0640 e. The van der Waals surface area contributed by atoms with Gasteiger partial charge in [-0.25, -0.2) is 0 Å². The zero-order valence-electron chi connectivity index (χ0n) is 18.4. The first kappa shape index (κ1) is 17.9. The van der Waals surface area contributed by atoms with E-state index in [1.807, 2.05) is 0 Å². The van der Waals surface area contributed by atoms with Crippen molar-refractivity contribution in [2.24, 2.45) is 0 Å². The van der Waals surface area contributed by atoms with Gasteiger partial charge in [-0.3, -0.25) is 0 Å². The van der Waals surface area contributed by atoms with E-state index in [0.717, 1.165) is 0 Å². The highest BCUT2D eigenvalue weighted by atomic mass is 15.0. The van der Waals surface area contributed by atoms with Gasteiger partial charge in [0, 0.05) is 44.2 Å². The van der Waals surface area contributed by atoms with Gasteiger partial charge in [0.1, 0.15) is 0 Å². The van der Waals surface area contributed by atoms with Crippen LogP contribution in [0.5, 0.6) is 0 Å². The number of rotatable bonds is 1. The second-order valence-electron chi connectivity index (χ2n) is 9.02. The van der Waals surface area contributed by atoms with Gasteiger partial charge >= 0.3 is 0 Å². The number of pyridine rings is 1. The number of benzene rings is 5. The Balaban J connectivity index is 1.73. The van der Waals surface area contributed by atoms with E-state index in [2.05, 4.69) is 130 Å². The van der Waals surface area contributed by atoms with Crippen LogP contribution in [-0.4, -0.2) is 8.97 Å². The summed E-state index contributed by atoms with van der Waals surface area (Å²) < 4.78 is 4.84. The third kappa shape index (κ3) is 2.20. The largest absolute Gasteiger partial charge is 0.315 e. The van der Waals surface area contributed by atoms with E-state index in [0.29, 0.717) is 0 Å². The van der Waals surface area contributed by atoms with E-state index >= 15 is 0 Å². The Bertz CT molecular complexity index is 2060. The summed E-state index contributed by atoms with van der Waals surface area (Å²) in [4.78, 5) is 0. The summed E-state index contributed by atoms with van der Waals surface area (Å²) in [6.45, 7) is 0. The SMILES string of the molecule is c1ccc(-n2c3ccccc3c3ccc4c(c5ccccc5c5c6ccccc6cn45)c32)cc1. The smallest absolute Gasteiger partial charge is 0.0640 e. The molecule has 5 aromatic carbocycles. The highest BCUT2D eigenvalue weighted by Crippen LogP contribution is 2.42. The minimum atomic E-state index is 1.18. The number of hydrogen-bond acceptors (Lipinski definition) is 0. The predicted octanol–water partition coefficient (Wildman–Crippen LogP) is 8.50. The van der Waals surface area contributed by atoms with Crippen molar-refractivity contribution in [2.75, 3.05) is 0 Å². The molecule has 0 bridgehead atoms. The monoisotopic (exact) mass is 432 g/mol. The lowest BCUT2D eigenvalue weighted by Crippen LogP contribution is -1.96. The molecule has 8 rings (SSSR count). The zero-order chi connectivity index (χ0) is 22.2. The lowest BCUT2D eigenvalue weighted by atomic mass is 10.0. The summed E-state index contributed by atoms with van der Waals surface area (Å²) in [7, 11) is 0. The van der Waals surface area contributed by atoms with E-state index in [9.17, 15) is 0 Å². The molecule has 0 atom stereocenters. The van der Waals surface area contributed by atoms with Gasteiger partial charge in [0.2, 0.25) is 0 Å². The highest BCUT2D eigenvalue weighted by Gasteiger charge is 2.19. The predicted molar refractivity (Wildman–Crippen MR) is 144 cm³/mol. The molecule has 0 aliphatic heterocycles. The van der Waals surface area contributed by atoms with Crippen molar-refractivity contribution in [3.8, 4) is 5.69 Å². The minimum Gasteiger partial charge on any atom is -0.315 e. The molecule has 0 unspecified atom stereocenters. The van der Waals surface area contributed by atoms with Crippen molar-refractivity contribution in [1.29, 1.82) is 0 Å². The van der Waals surface area contributed by atoms with E-state index in [1.54, 1.807) is 0 Å². The molecule has 34 heavy (non-hydrogen) atoms. The lowest BCUT2D eigenvalue weighted by Gasteiger charge is -2.14. The first-order valence-electron chi connectivity index (χ1n) is 11.7. The Hall–Kier alpha value is -4.56. The molecular weight excluding hydrogens is 412 g/mol. The summed E-state index contributed by atoms with van der Waals surface area (Å²) in [5, 5.41) is 9.00. The number of nitrogens with zero attached hydrogens (tertiary/aromatic N) is 2. The average Bonchev–Trinajstić information content (AvgIpc) is 3.46. The fourth-order valence-electron chi connectivity index (χ4n) is 5.89. The molecule has 8 aromatic rings. The summed E-state index contributed by atoms with van der Waals surface area (Å²) in [6, 6.07) is 41.7. The van der Waals surface area contributed by atoms with Crippen molar-refractivity contribution in [2.45, 2.75) is 0 Å². The van der Waals surface area contributed by atoms with Crippen LogP contribution in [0.4, 0.5) is 0 Å². The quantitative estimate of drug-likeness (QED) is 0.230. The molecule has 2 nitrogen and oxygen atoms in total. The van der Waals surface area contributed by atoms with Crippen molar-refractivity contribution >= 4 is 59.8 Å². The van der Waals surface area contributed by atoms with Crippen LogP contribution in [0.1, 0.15) is 0 Å². The summed E-state index contributed by atoms with van der Waals surface area (Å²) in [6.07, 6.45) is 2.29. The van der Waals surface area contributed by atoms with Crippen molar-refractivity contribution in [3.63, 3.8) is 0 Å². The van der Waals surface area contributed by atoms with Crippen LogP contribution >= 0.6 is 0 Å². The highest BCUT2D eigenvalue weighted by molar-refractivity contribution is 6.28. The fourth-order valence-corrected chi connectivity index (χ4v) is 5.89. The van der Waals surface area contributed by atoms with Crippen LogP contribution in [0, 0.1) is 0 Å². The fraction of sp³-hybridized carbons (Fsp3) is 0. The third-order valence-corrected chi connectivity index (χ3v) is 7.27. The van der Waals surface area contributed by atoms with Gasteiger partial charge < -0.3 is 8.97 Å². The van der Waals surface area contributed by atoms with Crippen LogP contribution in [-0.2, 0) is 0 Å². The molecular formula is C32H20N2. The topological polar surface area (TPSA) is 9.34 Å². The molecule has 2 heteroatoms. The molecule has 0 spiro atoms. The second kappa shape index (κ2) is 6.49. The Labute approximate surface area is 195 Å². The van der Waals surface area contributed by atoms with Gasteiger partial charge in [0.25, 0.3) is 0 Å². The van der Waals surface area contributed by atoms with Gasteiger partial charge in [0.15, 0.2) is 0 Å². The van der Waals surface area contributed by atoms with E-state index in [1.165, 1.54) is 65.5 Å². The lowest BCUT2D eigenvalue weighted by molar-refractivity contribution is 1.18. The molecule has 0 fully saturated rings. The molecule has 0 saturated heterocycles.